The van der Waals surface area contributed by atoms with Crippen molar-refractivity contribution in [2.75, 3.05) is 0 Å². The van der Waals surface area contributed by atoms with E-state index in [0.29, 0.717) is 0 Å². The topological polar surface area (TPSA) is 20.2 Å². The largest absolute Gasteiger partial charge is 0.508 e. The van der Waals surface area contributed by atoms with Gasteiger partial charge in [0, 0.05) is 12.0 Å². The van der Waals surface area contributed by atoms with Gasteiger partial charge in [-0.2, -0.15) is 0 Å². The minimum Gasteiger partial charge on any atom is -0.508 e. The molecule has 0 unspecified atom stereocenters. The van der Waals surface area contributed by atoms with Gasteiger partial charge in [-0.25, -0.2) is 0 Å². The summed E-state index contributed by atoms with van der Waals surface area (Å²) in [6.45, 7) is 9.41. The van der Waals surface area contributed by atoms with Crippen molar-refractivity contribution in [3.8, 4) is 17.6 Å². The summed E-state index contributed by atoms with van der Waals surface area (Å²) in [6, 6.07) is 13.8. The SMILES string of the molecule is CC1(C)CCC(C)(C)c2c(CC#Cc3cccc(O)c3)cccc21. The fourth-order valence-electron chi connectivity index (χ4n) is 3.82. The number of phenols is 1. The first-order valence-electron chi connectivity index (χ1n) is 8.70. The highest BCUT2D eigenvalue weighted by Gasteiger charge is 2.38. The van der Waals surface area contributed by atoms with Gasteiger partial charge in [-0.05, 0) is 58.6 Å². The summed E-state index contributed by atoms with van der Waals surface area (Å²) >= 11 is 0. The second-order valence-corrected chi connectivity index (χ2v) is 8.14. The molecule has 0 spiro atoms. The molecular weight excluding hydrogens is 292 g/mol. The molecule has 3 rings (SSSR count). The first-order chi connectivity index (χ1) is 11.3. The van der Waals surface area contributed by atoms with E-state index >= 15 is 0 Å². The lowest BCUT2D eigenvalue weighted by atomic mass is 9.62. The molecule has 1 aliphatic rings. The Bertz CT molecular complexity index is 815. The monoisotopic (exact) mass is 318 g/mol. The molecular formula is C23H26O. The zero-order chi connectivity index (χ0) is 17.4. The van der Waals surface area contributed by atoms with Gasteiger partial charge in [0.15, 0.2) is 0 Å². The average Bonchev–Trinajstić information content (AvgIpc) is 2.52. The summed E-state index contributed by atoms with van der Waals surface area (Å²) in [4.78, 5) is 0. The van der Waals surface area contributed by atoms with E-state index in [9.17, 15) is 5.11 Å². The fraction of sp³-hybridized carbons (Fsp3) is 0.391. The van der Waals surface area contributed by atoms with Crippen molar-refractivity contribution >= 4 is 0 Å². The van der Waals surface area contributed by atoms with Gasteiger partial charge in [-0.15, -0.1) is 0 Å². The summed E-state index contributed by atoms with van der Waals surface area (Å²) < 4.78 is 0. The molecule has 0 heterocycles. The Balaban J connectivity index is 1.96. The minimum atomic E-state index is 0.203. The minimum absolute atomic E-state index is 0.203. The number of hydrogen-bond acceptors (Lipinski definition) is 1. The van der Waals surface area contributed by atoms with Crippen LogP contribution >= 0.6 is 0 Å². The third-order valence-electron chi connectivity index (χ3n) is 5.29. The highest BCUT2D eigenvalue weighted by molar-refractivity contribution is 5.48. The highest BCUT2D eigenvalue weighted by Crippen LogP contribution is 2.47. The number of fused-ring (bicyclic) bond motifs is 1. The van der Waals surface area contributed by atoms with Gasteiger partial charge < -0.3 is 5.11 Å². The Kier molecular flexibility index (Phi) is 4.18. The van der Waals surface area contributed by atoms with Crippen molar-refractivity contribution < 1.29 is 5.11 Å². The molecule has 0 aliphatic heterocycles. The summed E-state index contributed by atoms with van der Waals surface area (Å²) in [5.41, 5.74) is 5.62. The molecule has 1 N–H and O–H groups in total. The van der Waals surface area contributed by atoms with E-state index in [1.54, 1.807) is 12.1 Å². The van der Waals surface area contributed by atoms with Gasteiger partial charge in [0.05, 0.1) is 0 Å². The van der Waals surface area contributed by atoms with Crippen molar-refractivity contribution in [1.29, 1.82) is 0 Å². The van der Waals surface area contributed by atoms with Gasteiger partial charge in [0.25, 0.3) is 0 Å². The Morgan fingerprint density at radius 1 is 0.958 bits per heavy atom. The van der Waals surface area contributed by atoms with Crippen LogP contribution in [0.4, 0.5) is 0 Å². The zero-order valence-electron chi connectivity index (χ0n) is 15.1. The van der Waals surface area contributed by atoms with Crippen molar-refractivity contribution in [2.45, 2.75) is 57.8 Å². The Hall–Kier alpha value is -2.20. The van der Waals surface area contributed by atoms with Gasteiger partial charge in [-0.3, -0.25) is 0 Å². The van der Waals surface area contributed by atoms with Crippen LogP contribution in [0, 0.1) is 11.8 Å². The molecule has 0 bridgehead atoms. The quantitative estimate of drug-likeness (QED) is 0.704. The third kappa shape index (κ3) is 3.20. The van der Waals surface area contributed by atoms with Crippen LogP contribution in [0.2, 0.25) is 0 Å². The number of benzene rings is 2. The summed E-state index contributed by atoms with van der Waals surface area (Å²) in [5, 5.41) is 9.55. The van der Waals surface area contributed by atoms with E-state index in [-0.39, 0.29) is 16.6 Å². The van der Waals surface area contributed by atoms with Crippen molar-refractivity contribution in [1.82, 2.24) is 0 Å². The van der Waals surface area contributed by atoms with E-state index in [1.807, 2.05) is 12.1 Å². The number of aromatic hydroxyl groups is 1. The summed E-state index contributed by atoms with van der Waals surface area (Å²) in [7, 11) is 0. The molecule has 0 radical (unpaired) electrons. The smallest absolute Gasteiger partial charge is 0.116 e. The van der Waals surface area contributed by atoms with Crippen LogP contribution in [0.5, 0.6) is 5.75 Å². The lowest BCUT2D eigenvalue weighted by molar-refractivity contribution is 0.330. The highest BCUT2D eigenvalue weighted by atomic mass is 16.3. The molecule has 0 saturated heterocycles. The fourth-order valence-corrected chi connectivity index (χ4v) is 3.82. The molecule has 1 nitrogen and oxygen atoms in total. The molecule has 0 amide bonds. The second-order valence-electron chi connectivity index (χ2n) is 8.14. The van der Waals surface area contributed by atoms with Crippen LogP contribution < -0.4 is 0 Å². The molecule has 0 atom stereocenters. The van der Waals surface area contributed by atoms with E-state index in [2.05, 4.69) is 57.7 Å². The van der Waals surface area contributed by atoms with Gasteiger partial charge in [-0.1, -0.05) is 63.8 Å². The molecule has 1 heteroatoms. The van der Waals surface area contributed by atoms with E-state index < -0.39 is 0 Å². The maximum absolute atomic E-state index is 9.55. The predicted octanol–water partition coefficient (Wildman–Crippen LogP) is 5.34. The van der Waals surface area contributed by atoms with Crippen LogP contribution in [0.25, 0.3) is 0 Å². The van der Waals surface area contributed by atoms with Crippen molar-refractivity contribution in [3.63, 3.8) is 0 Å². The average molecular weight is 318 g/mol. The van der Waals surface area contributed by atoms with Crippen LogP contribution in [0.15, 0.2) is 42.5 Å². The molecule has 2 aromatic rings. The standard InChI is InChI=1S/C23H26O/c1-22(2)14-15-23(3,4)21-18(11-7-13-20(21)22)10-5-8-17-9-6-12-19(24)16-17/h6-7,9,11-13,16,24H,10,14-15H2,1-4H3. The zero-order valence-corrected chi connectivity index (χ0v) is 15.1. The van der Waals surface area contributed by atoms with Crippen LogP contribution in [-0.4, -0.2) is 5.11 Å². The maximum Gasteiger partial charge on any atom is 0.116 e. The number of hydrogen-bond donors (Lipinski definition) is 1. The summed E-state index contributed by atoms with van der Waals surface area (Å²) in [6.07, 6.45) is 3.19. The maximum atomic E-state index is 9.55. The van der Waals surface area contributed by atoms with E-state index in [0.717, 1.165) is 12.0 Å². The predicted molar refractivity (Wildman–Crippen MR) is 100 cm³/mol. The van der Waals surface area contributed by atoms with E-state index in [4.69, 9.17) is 0 Å². The molecule has 2 aromatic carbocycles. The van der Waals surface area contributed by atoms with E-state index in [1.165, 1.54) is 29.5 Å². The normalized spacial score (nSPS) is 17.5. The summed E-state index contributed by atoms with van der Waals surface area (Å²) in [5.74, 6) is 6.74. The molecule has 0 fully saturated rings. The van der Waals surface area contributed by atoms with Crippen molar-refractivity contribution in [3.05, 3.63) is 64.7 Å². The van der Waals surface area contributed by atoms with Crippen LogP contribution in [0.3, 0.4) is 0 Å². The van der Waals surface area contributed by atoms with Crippen LogP contribution in [-0.2, 0) is 17.3 Å². The second kappa shape index (κ2) is 6.02. The first-order valence-corrected chi connectivity index (χ1v) is 8.70. The van der Waals surface area contributed by atoms with Crippen LogP contribution in [0.1, 0.15) is 62.8 Å². The van der Waals surface area contributed by atoms with Gasteiger partial charge in [0.2, 0.25) is 0 Å². The Morgan fingerprint density at radius 2 is 1.67 bits per heavy atom. The van der Waals surface area contributed by atoms with Gasteiger partial charge in [0.1, 0.15) is 5.75 Å². The number of rotatable bonds is 1. The molecule has 0 saturated carbocycles. The third-order valence-corrected chi connectivity index (χ3v) is 5.29. The molecule has 24 heavy (non-hydrogen) atoms. The number of phenolic OH excluding ortho intramolecular Hbond substituents is 1. The Morgan fingerprint density at radius 3 is 2.42 bits per heavy atom. The first kappa shape index (κ1) is 16.7. The lowest BCUT2D eigenvalue weighted by Crippen LogP contribution is -2.34. The van der Waals surface area contributed by atoms with Gasteiger partial charge >= 0.3 is 0 Å². The van der Waals surface area contributed by atoms with Crippen molar-refractivity contribution in [2.24, 2.45) is 0 Å². The Labute approximate surface area is 145 Å². The molecule has 1 aliphatic carbocycles. The molecule has 0 aromatic heterocycles. The lowest BCUT2D eigenvalue weighted by Gasteiger charge is -2.43. The molecule has 124 valence electrons.